The number of unbranched alkanes of at least 4 members (excludes halogenated alkanes) is 9. The zero-order chi connectivity index (χ0) is 40.0. The highest BCUT2D eigenvalue weighted by molar-refractivity contribution is 7.47. The van der Waals surface area contributed by atoms with E-state index in [1.54, 1.807) is 6.92 Å². The van der Waals surface area contributed by atoms with Crippen LogP contribution in [0.2, 0.25) is 0 Å². The number of aliphatic hydroxyl groups excluding tert-OH is 1. The van der Waals surface area contributed by atoms with Crippen molar-refractivity contribution in [2.45, 2.75) is 155 Å². The lowest BCUT2D eigenvalue weighted by molar-refractivity contribution is -0.161. The fraction of sp³-hybridized carbons (Fsp3) is 0.882. The van der Waals surface area contributed by atoms with Gasteiger partial charge in [-0.05, 0) is 25.7 Å². The van der Waals surface area contributed by atoms with E-state index in [0.717, 1.165) is 57.8 Å². The highest BCUT2D eigenvalue weighted by Crippen LogP contribution is 2.45. The Balaban J connectivity index is 4.91. The van der Waals surface area contributed by atoms with Crippen LogP contribution >= 0.6 is 15.6 Å². The summed E-state index contributed by atoms with van der Waals surface area (Å²) in [6, 6.07) is 0. The molecule has 53 heavy (non-hydrogen) atoms. The number of hydrogen-bond donors (Lipinski definition) is 3. The quantitative estimate of drug-likeness (QED) is 0.0278. The van der Waals surface area contributed by atoms with Crippen LogP contribution in [0.4, 0.5) is 0 Å². The Morgan fingerprint density at radius 1 is 0.453 bits per heavy atom. The van der Waals surface area contributed by atoms with Crippen LogP contribution in [0.1, 0.15) is 137 Å². The molecule has 2 unspecified atom stereocenters. The Labute approximate surface area is 314 Å². The predicted molar refractivity (Wildman–Crippen MR) is 192 cm³/mol. The van der Waals surface area contributed by atoms with E-state index < -0.39 is 97.5 Å². The van der Waals surface area contributed by atoms with Crippen LogP contribution in [0.5, 0.6) is 0 Å². The van der Waals surface area contributed by atoms with Crippen LogP contribution in [0.3, 0.4) is 0 Å². The van der Waals surface area contributed by atoms with Crippen LogP contribution in [0.25, 0.3) is 0 Å². The van der Waals surface area contributed by atoms with Gasteiger partial charge >= 0.3 is 39.5 Å². The highest BCUT2D eigenvalue weighted by Gasteiger charge is 2.30. The van der Waals surface area contributed by atoms with E-state index in [1.165, 1.54) is 0 Å². The van der Waals surface area contributed by atoms with E-state index in [2.05, 4.69) is 13.8 Å². The van der Waals surface area contributed by atoms with Crippen molar-refractivity contribution in [3.63, 3.8) is 0 Å². The van der Waals surface area contributed by atoms with Gasteiger partial charge in [-0.2, -0.15) is 0 Å². The zero-order valence-corrected chi connectivity index (χ0v) is 33.7. The lowest BCUT2D eigenvalue weighted by Crippen LogP contribution is -2.30. The summed E-state index contributed by atoms with van der Waals surface area (Å²) in [4.78, 5) is 68.7. The molecule has 0 spiro atoms. The summed E-state index contributed by atoms with van der Waals surface area (Å²) in [6.45, 7) is 3.78. The average Bonchev–Trinajstić information content (AvgIpc) is 3.11. The van der Waals surface area contributed by atoms with Gasteiger partial charge in [0, 0.05) is 25.7 Å². The van der Waals surface area contributed by atoms with Gasteiger partial charge in [-0.1, -0.05) is 85.5 Å². The SMILES string of the molecule is CCCCCCCC(=O)OC[C@H](COP(=O)(O)OC[C@H](O)COP(=O)(O)OC[C@@H](COC(=O)CCCCCCC)OC(=O)CCCC)OC(=O)CCC. The Kier molecular flexibility index (Phi) is 30.1. The molecule has 0 aliphatic rings. The first kappa shape index (κ1) is 51.1. The van der Waals surface area contributed by atoms with E-state index in [9.17, 15) is 43.2 Å². The molecule has 0 aliphatic heterocycles. The normalized spacial score (nSPS) is 15.4. The topological polar surface area (TPSA) is 237 Å². The number of carbonyl (C=O) groups excluding carboxylic acids is 4. The summed E-state index contributed by atoms with van der Waals surface area (Å²) in [5.41, 5.74) is 0. The first-order valence-electron chi connectivity index (χ1n) is 18.8. The smallest absolute Gasteiger partial charge is 0.462 e. The van der Waals surface area contributed by atoms with E-state index in [4.69, 9.17) is 37.0 Å². The maximum Gasteiger partial charge on any atom is 0.472 e. The van der Waals surface area contributed by atoms with Gasteiger partial charge in [-0.3, -0.25) is 37.3 Å². The first-order valence-corrected chi connectivity index (χ1v) is 21.8. The molecule has 0 saturated carbocycles. The zero-order valence-electron chi connectivity index (χ0n) is 31.9. The number of aliphatic hydroxyl groups is 1. The second-order valence-corrected chi connectivity index (χ2v) is 15.5. The van der Waals surface area contributed by atoms with Gasteiger partial charge in [0.25, 0.3) is 0 Å². The van der Waals surface area contributed by atoms with E-state index >= 15 is 0 Å². The minimum atomic E-state index is -4.88. The van der Waals surface area contributed by atoms with Crippen LogP contribution < -0.4 is 0 Å². The van der Waals surface area contributed by atoms with Crippen LogP contribution in [-0.4, -0.2) is 96.7 Å². The van der Waals surface area contributed by atoms with Gasteiger partial charge in [-0.15, -0.1) is 0 Å². The minimum Gasteiger partial charge on any atom is -0.462 e. The molecule has 0 aliphatic carbocycles. The van der Waals surface area contributed by atoms with Crippen LogP contribution in [-0.2, 0) is 65.4 Å². The first-order chi connectivity index (χ1) is 25.2. The molecule has 312 valence electrons. The predicted octanol–water partition coefficient (Wildman–Crippen LogP) is 6.24. The molecular weight excluding hydrogens is 742 g/mol. The van der Waals surface area contributed by atoms with Crippen LogP contribution in [0, 0.1) is 0 Å². The number of ether oxygens (including phenoxy) is 4. The third kappa shape index (κ3) is 31.0. The molecule has 0 amide bonds. The van der Waals surface area contributed by atoms with Crippen molar-refractivity contribution in [1.29, 1.82) is 0 Å². The summed E-state index contributed by atoms with van der Waals surface area (Å²) in [6.07, 6.45) is 7.23. The Morgan fingerprint density at radius 3 is 1.21 bits per heavy atom. The number of carbonyl (C=O) groups is 4. The number of phosphoric acid groups is 2. The number of phosphoric ester groups is 2. The van der Waals surface area contributed by atoms with E-state index in [-0.39, 0.29) is 25.7 Å². The lowest BCUT2D eigenvalue weighted by atomic mass is 10.1. The third-order valence-electron chi connectivity index (χ3n) is 7.32. The monoisotopic (exact) mass is 806 g/mol. The molecule has 0 fully saturated rings. The van der Waals surface area contributed by atoms with Crippen LogP contribution in [0.15, 0.2) is 0 Å². The molecule has 0 heterocycles. The summed E-state index contributed by atoms with van der Waals surface area (Å²) in [5, 5.41) is 10.2. The molecule has 5 atom stereocenters. The largest absolute Gasteiger partial charge is 0.472 e. The second-order valence-electron chi connectivity index (χ2n) is 12.5. The Morgan fingerprint density at radius 2 is 0.811 bits per heavy atom. The second kappa shape index (κ2) is 31.3. The summed E-state index contributed by atoms with van der Waals surface area (Å²) < 4.78 is 65.0. The number of rotatable bonds is 35. The lowest BCUT2D eigenvalue weighted by Gasteiger charge is -2.21. The summed E-state index contributed by atoms with van der Waals surface area (Å²) >= 11 is 0. The molecule has 17 nitrogen and oxygen atoms in total. The maximum atomic E-state index is 12.5. The minimum absolute atomic E-state index is 0.0528. The standard InChI is InChI=1S/C34H64O17P2/c1-5-9-12-14-16-20-31(36)44-24-29(50-33(38)18-8-4)26-48-52(40,41)46-22-28(35)23-47-53(42,43)49-27-30(51-34(39)19-11-7-3)25-45-32(37)21-17-15-13-10-6-2/h28-30,35H,5-27H2,1-4H3,(H,40,41)(H,42,43)/t28-,29+,30+/m0/s1. The third-order valence-corrected chi connectivity index (χ3v) is 9.22. The molecule has 0 radical (unpaired) electrons. The van der Waals surface area contributed by atoms with Gasteiger partial charge in [0.15, 0.2) is 12.2 Å². The summed E-state index contributed by atoms with van der Waals surface area (Å²) in [5.74, 6) is -2.30. The van der Waals surface area contributed by atoms with Gasteiger partial charge in [0.1, 0.15) is 19.3 Å². The summed E-state index contributed by atoms with van der Waals surface area (Å²) in [7, 11) is -9.75. The van der Waals surface area contributed by atoms with Crippen molar-refractivity contribution in [3.8, 4) is 0 Å². The fourth-order valence-electron chi connectivity index (χ4n) is 4.35. The molecule has 0 aromatic heterocycles. The van der Waals surface area contributed by atoms with Crippen molar-refractivity contribution in [1.82, 2.24) is 0 Å². The number of esters is 4. The fourth-order valence-corrected chi connectivity index (χ4v) is 5.93. The van der Waals surface area contributed by atoms with Crippen molar-refractivity contribution >= 4 is 39.5 Å². The van der Waals surface area contributed by atoms with Gasteiger partial charge in [0.05, 0.1) is 26.4 Å². The van der Waals surface area contributed by atoms with Crippen molar-refractivity contribution in [3.05, 3.63) is 0 Å². The van der Waals surface area contributed by atoms with Crippen molar-refractivity contribution in [2.24, 2.45) is 0 Å². The highest BCUT2D eigenvalue weighted by atomic mass is 31.2. The average molecular weight is 807 g/mol. The number of hydrogen-bond acceptors (Lipinski definition) is 15. The van der Waals surface area contributed by atoms with E-state index in [0.29, 0.717) is 25.7 Å². The Hall–Kier alpha value is -1.94. The van der Waals surface area contributed by atoms with Gasteiger partial charge in [-0.25, -0.2) is 9.13 Å². The molecule has 0 bridgehead atoms. The molecule has 0 saturated heterocycles. The Bertz CT molecular complexity index is 1110. The molecule has 3 N–H and O–H groups in total. The molecule has 0 aromatic rings. The van der Waals surface area contributed by atoms with E-state index in [1.807, 2.05) is 6.92 Å². The molecule has 0 aromatic carbocycles. The van der Waals surface area contributed by atoms with Gasteiger partial charge < -0.3 is 33.8 Å². The molecule has 19 heteroatoms. The maximum absolute atomic E-state index is 12.5. The molecule has 0 rings (SSSR count). The van der Waals surface area contributed by atoms with Crippen molar-refractivity contribution < 1.29 is 80.2 Å². The van der Waals surface area contributed by atoms with Crippen molar-refractivity contribution in [2.75, 3.05) is 39.6 Å². The molecular formula is C34H64O17P2. The van der Waals surface area contributed by atoms with Gasteiger partial charge in [0.2, 0.25) is 0 Å².